The molecule has 20 heavy (non-hydrogen) atoms. The highest BCUT2D eigenvalue weighted by atomic mass is 16.5. The van der Waals surface area contributed by atoms with E-state index in [1.165, 1.54) is 6.42 Å². The van der Waals surface area contributed by atoms with Crippen LogP contribution in [0.5, 0.6) is 0 Å². The summed E-state index contributed by atoms with van der Waals surface area (Å²) < 4.78 is 5.47. The van der Waals surface area contributed by atoms with Crippen molar-refractivity contribution in [2.24, 2.45) is 23.7 Å². The molecule has 1 amide bonds. The first-order valence-electron chi connectivity index (χ1n) is 8.42. The number of hydrogen-bond acceptors (Lipinski definition) is 2. The van der Waals surface area contributed by atoms with Gasteiger partial charge in [0.05, 0.1) is 0 Å². The lowest BCUT2D eigenvalue weighted by Crippen LogP contribution is -2.45. The quantitative estimate of drug-likeness (QED) is 0.791. The Labute approximate surface area is 124 Å². The molecule has 0 aromatic rings. The molecule has 3 atom stereocenters. The summed E-state index contributed by atoms with van der Waals surface area (Å²) in [7, 11) is 0. The van der Waals surface area contributed by atoms with Gasteiger partial charge in [-0.25, -0.2) is 0 Å². The fourth-order valence-electron chi connectivity index (χ4n) is 4.11. The van der Waals surface area contributed by atoms with Crippen molar-refractivity contribution in [1.82, 2.24) is 4.90 Å². The predicted octanol–water partition coefficient (Wildman–Crippen LogP) is 3.33. The topological polar surface area (TPSA) is 29.5 Å². The third-order valence-electron chi connectivity index (χ3n) is 5.16. The Morgan fingerprint density at radius 2 is 1.95 bits per heavy atom. The van der Waals surface area contributed by atoms with E-state index in [-0.39, 0.29) is 5.92 Å². The van der Waals surface area contributed by atoms with Crippen molar-refractivity contribution in [3.05, 3.63) is 0 Å². The summed E-state index contributed by atoms with van der Waals surface area (Å²) in [5, 5.41) is 0. The van der Waals surface area contributed by atoms with E-state index < -0.39 is 0 Å². The van der Waals surface area contributed by atoms with Crippen molar-refractivity contribution < 1.29 is 9.53 Å². The van der Waals surface area contributed by atoms with Crippen LogP contribution in [0.15, 0.2) is 0 Å². The SMILES string of the molecule is CC[C@@H]1CC(C)CN1C(=O)C(C(C)C)C1CCOCC1. The van der Waals surface area contributed by atoms with Gasteiger partial charge in [-0.3, -0.25) is 4.79 Å². The van der Waals surface area contributed by atoms with Crippen molar-refractivity contribution in [3.63, 3.8) is 0 Å². The minimum absolute atomic E-state index is 0.193. The first-order valence-corrected chi connectivity index (χ1v) is 8.42. The molecule has 2 heterocycles. The van der Waals surface area contributed by atoms with E-state index in [2.05, 4.69) is 32.6 Å². The van der Waals surface area contributed by atoms with Crippen LogP contribution in [-0.4, -0.2) is 36.6 Å². The molecule has 2 rings (SSSR count). The third-order valence-corrected chi connectivity index (χ3v) is 5.16. The van der Waals surface area contributed by atoms with E-state index in [1.54, 1.807) is 0 Å². The molecule has 0 aliphatic carbocycles. The fourth-order valence-corrected chi connectivity index (χ4v) is 4.11. The molecule has 0 aromatic heterocycles. The lowest BCUT2D eigenvalue weighted by Gasteiger charge is -2.36. The predicted molar refractivity (Wildman–Crippen MR) is 81.4 cm³/mol. The normalized spacial score (nSPS) is 29.9. The van der Waals surface area contributed by atoms with Gasteiger partial charge in [-0.2, -0.15) is 0 Å². The molecule has 2 saturated heterocycles. The molecule has 2 aliphatic rings. The molecule has 3 nitrogen and oxygen atoms in total. The second-order valence-electron chi connectivity index (χ2n) is 7.11. The first kappa shape index (κ1) is 15.8. The van der Waals surface area contributed by atoms with E-state index in [9.17, 15) is 4.79 Å². The number of carbonyl (C=O) groups excluding carboxylic acids is 1. The van der Waals surface area contributed by atoms with E-state index in [4.69, 9.17) is 4.74 Å². The van der Waals surface area contributed by atoms with Crippen molar-refractivity contribution >= 4 is 5.91 Å². The van der Waals surface area contributed by atoms with Crippen LogP contribution in [0, 0.1) is 23.7 Å². The average molecular weight is 281 g/mol. The second kappa shape index (κ2) is 6.93. The molecule has 0 bridgehead atoms. The molecule has 0 radical (unpaired) electrons. The molecule has 0 spiro atoms. The molecular formula is C17H31NO2. The average Bonchev–Trinajstić information content (AvgIpc) is 2.81. The molecule has 3 heteroatoms. The summed E-state index contributed by atoms with van der Waals surface area (Å²) in [5.41, 5.74) is 0. The highest BCUT2D eigenvalue weighted by Crippen LogP contribution is 2.34. The number of rotatable bonds is 4. The van der Waals surface area contributed by atoms with Gasteiger partial charge in [-0.05, 0) is 43.4 Å². The summed E-state index contributed by atoms with van der Waals surface area (Å²) >= 11 is 0. The van der Waals surface area contributed by atoms with Gasteiger partial charge in [0.25, 0.3) is 0 Å². The molecule has 2 aliphatic heterocycles. The van der Waals surface area contributed by atoms with Gasteiger partial charge in [0.2, 0.25) is 5.91 Å². The maximum atomic E-state index is 13.1. The van der Waals surface area contributed by atoms with Gasteiger partial charge >= 0.3 is 0 Å². The van der Waals surface area contributed by atoms with E-state index in [0.29, 0.717) is 29.7 Å². The summed E-state index contributed by atoms with van der Waals surface area (Å²) in [6, 6.07) is 0.471. The van der Waals surface area contributed by atoms with Crippen molar-refractivity contribution in [3.8, 4) is 0 Å². The number of hydrogen-bond donors (Lipinski definition) is 0. The van der Waals surface area contributed by atoms with Crippen LogP contribution >= 0.6 is 0 Å². The highest BCUT2D eigenvalue weighted by Gasteiger charge is 2.39. The Balaban J connectivity index is 2.10. The Morgan fingerprint density at radius 3 is 2.50 bits per heavy atom. The van der Waals surface area contributed by atoms with Gasteiger partial charge in [0.15, 0.2) is 0 Å². The standard InChI is InChI=1S/C17H31NO2/c1-5-15-10-13(4)11-18(15)17(19)16(12(2)3)14-6-8-20-9-7-14/h12-16H,5-11H2,1-4H3/t13?,15-,16?/m1/s1. The van der Waals surface area contributed by atoms with Crippen molar-refractivity contribution in [2.45, 2.75) is 59.4 Å². The summed E-state index contributed by atoms with van der Waals surface area (Å²) in [6.07, 6.45) is 4.37. The summed E-state index contributed by atoms with van der Waals surface area (Å²) in [6.45, 7) is 11.5. The molecular weight excluding hydrogens is 250 g/mol. The Bertz CT molecular complexity index is 323. The van der Waals surface area contributed by atoms with Crippen LogP contribution in [0.3, 0.4) is 0 Å². The number of carbonyl (C=O) groups is 1. The molecule has 0 N–H and O–H groups in total. The van der Waals surface area contributed by atoms with Gasteiger partial charge in [-0.1, -0.05) is 27.7 Å². The van der Waals surface area contributed by atoms with Gasteiger partial charge in [0.1, 0.15) is 0 Å². The monoisotopic (exact) mass is 281 g/mol. The van der Waals surface area contributed by atoms with Crippen molar-refractivity contribution in [1.29, 1.82) is 0 Å². The zero-order chi connectivity index (χ0) is 14.7. The lowest BCUT2D eigenvalue weighted by atomic mass is 9.78. The number of amides is 1. The smallest absolute Gasteiger partial charge is 0.226 e. The summed E-state index contributed by atoms with van der Waals surface area (Å²) in [4.78, 5) is 15.3. The fraction of sp³-hybridized carbons (Fsp3) is 0.941. The van der Waals surface area contributed by atoms with Crippen LogP contribution in [-0.2, 0) is 9.53 Å². The van der Waals surface area contributed by atoms with E-state index >= 15 is 0 Å². The molecule has 2 unspecified atom stereocenters. The van der Waals surface area contributed by atoms with Crippen LogP contribution in [0.4, 0.5) is 0 Å². The van der Waals surface area contributed by atoms with Crippen LogP contribution in [0.1, 0.15) is 53.4 Å². The van der Waals surface area contributed by atoms with Gasteiger partial charge in [0, 0.05) is 31.7 Å². The molecule has 116 valence electrons. The van der Waals surface area contributed by atoms with Crippen LogP contribution in [0.25, 0.3) is 0 Å². The first-order chi connectivity index (χ1) is 9.54. The number of nitrogens with zero attached hydrogens (tertiary/aromatic N) is 1. The van der Waals surface area contributed by atoms with E-state index in [0.717, 1.165) is 39.0 Å². The number of likely N-dealkylation sites (tertiary alicyclic amines) is 1. The Hall–Kier alpha value is -0.570. The molecule has 2 fully saturated rings. The molecule has 0 saturated carbocycles. The minimum atomic E-state index is 0.193. The number of ether oxygens (including phenoxy) is 1. The Morgan fingerprint density at radius 1 is 1.30 bits per heavy atom. The summed E-state index contributed by atoms with van der Waals surface area (Å²) in [5.74, 6) is 2.22. The lowest BCUT2D eigenvalue weighted by molar-refractivity contribution is -0.141. The van der Waals surface area contributed by atoms with Crippen LogP contribution < -0.4 is 0 Å². The molecule has 0 aromatic carbocycles. The largest absolute Gasteiger partial charge is 0.381 e. The maximum absolute atomic E-state index is 13.1. The van der Waals surface area contributed by atoms with Gasteiger partial charge in [-0.15, -0.1) is 0 Å². The zero-order valence-electron chi connectivity index (χ0n) is 13.6. The van der Waals surface area contributed by atoms with E-state index in [1.807, 2.05) is 0 Å². The second-order valence-corrected chi connectivity index (χ2v) is 7.11. The van der Waals surface area contributed by atoms with Crippen LogP contribution in [0.2, 0.25) is 0 Å². The minimum Gasteiger partial charge on any atom is -0.381 e. The third kappa shape index (κ3) is 3.36. The maximum Gasteiger partial charge on any atom is 0.226 e. The highest BCUT2D eigenvalue weighted by molar-refractivity contribution is 5.80. The van der Waals surface area contributed by atoms with Gasteiger partial charge < -0.3 is 9.64 Å². The van der Waals surface area contributed by atoms with Crippen molar-refractivity contribution in [2.75, 3.05) is 19.8 Å². The Kier molecular flexibility index (Phi) is 5.48. The zero-order valence-corrected chi connectivity index (χ0v) is 13.6.